The molecular formula is C18H32. The Morgan fingerprint density at radius 1 is 0.778 bits per heavy atom. The molecule has 0 bridgehead atoms. The second kappa shape index (κ2) is 4.84. The minimum absolute atomic E-state index is 0.996. The summed E-state index contributed by atoms with van der Waals surface area (Å²) in [7, 11) is 0. The Morgan fingerprint density at radius 2 is 1.39 bits per heavy atom. The van der Waals surface area contributed by atoms with E-state index in [1.807, 2.05) is 0 Å². The van der Waals surface area contributed by atoms with E-state index in [4.69, 9.17) is 0 Å². The first kappa shape index (κ1) is 13.0. The molecule has 3 aliphatic rings. The van der Waals surface area contributed by atoms with E-state index in [2.05, 4.69) is 27.7 Å². The van der Waals surface area contributed by atoms with Crippen LogP contribution in [0.25, 0.3) is 0 Å². The quantitative estimate of drug-likeness (QED) is 0.584. The third kappa shape index (κ3) is 1.86. The third-order valence-corrected chi connectivity index (χ3v) is 7.33. The van der Waals surface area contributed by atoms with Crippen LogP contribution in [-0.2, 0) is 0 Å². The van der Waals surface area contributed by atoms with Crippen molar-refractivity contribution in [3.63, 3.8) is 0 Å². The van der Waals surface area contributed by atoms with E-state index in [-0.39, 0.29) is 0 Å². The fourth-order valence-electron chi connectivity index (χ4n) is 6.19. The Hall–Kier alpha value is 0. The molecule has 0 heteroatoms. The van der Waals surface area contributed by atoms with Gasteiger partial charge >= 0.3 is 0 Å². The fourth-order valence-corrected chi connectivity index (χ4v) is 6.19. The van der Waals surface area contributed by atoms with Gasteiger partial charge < -0.3 is 0 Å². The average molecular weight is 248 g/mol. The van der Waals surface area contributed by atoms with Crippen LogP contribution in [0.4, 0.5) is 0 Å². The number of rotatable bonds is 1. The maximum absolute atomic E-state index is 2.57. The Kier molecular flexibility index (Phi) is 3.49. The van der Waals surface area contributed by atoms with Crippen molar-refractivity contribution < 1.29 is 0 Å². The van der Waals surface area contributed by atoms with Crippen molar-refractivity contribution in [2.75, 3.05) is 0 Å². The van der Waals surface area contributed by atoms with Crippen molar-refractivity contribution in [1.82, 2.24) is 0 Å². The van der Waals surface area contributed by atoms with Crippen LogP contribution in [0.5, 0.6) is 0 Å². The van der Waals surface area contributed by atoms with E-state index >= 15 is 0 Å². The van der Waals surface area contributed by atoms with E-state index in [9.17, 15) is 0 Å². The topological polar surface area (TPSA) is 0 Å². The molecule has 3 saturated carbocycles. The molecule has 3 fully saturated rings. The summed E-state index contributed by atoms with van der Waals surface area (Å²) in [6.45, 7) is 10.1. The molecule has 104 valence electrons. The molecule has 0 saturated heterocycles. The highest BCUT2D eigenvalue weighted by atomic mass is 14.6. The minimum atomic E-state index is 0.996. The standard InChI is InChI=1S/C18H32/c1-5-14-7-9-16-13(4)12(3)15-8-6-11(2)10-17(14)18(15)16/h11-18H,5-10H2,1-4H3. The first-order valence-electron chi connectivity index (χ1n) is 8.63. The summed E-state index contributed by atoms with van der Waals surface area (Å²) in [5.41, 5.74) is 0. The normalized spacial score (nSPS) is 56.0. The molecule has 18 heavy (non-hydrogen) atoms. The van der Waals surface area contributed by atoms with Crippen molar-refractivity contribution in [2.45, 2.75) is 66.2 Å². The second-order valence-electron chi connectivity index (χ2n) is 7.95. The Bertz CT molecular complexity index is 294. The molecule has 0 aromatic rings. The molecule has 0 spiro atoms. The van der Waals surface area contributed by atoms with Crippen LogP contribution < -0.4 is 0 Å². The van der Waals surface area contributed by atoms with E-state index < -0.39 is 0 Å². The number of hydrogen-bond donors (Lipinski definition) is 0. The van der Waals surface area contributed by atoms with Crippen LogP contribution >= 0.6 is 0 Å². The fraction of sp³-hybridized carbons (Fsp3) is 1.00. The van der Waals surface area contributed by atoms with Gasteiger partial charge in [-0.15, -0.1) is 0 Å². The highest BCUT2D eigenvalue weighted by Crippen LogP contribution is 2.60. The summed E-state index contributed by atoms with van der Waals surface area (Å²) in [6.07, 6.45) is 9.14. The van der Waals surface area contributed by atoms with Gasteiger partial charge in [0.05, 0.1) is 0 Å². The predicted molar refractivity (Wildman–Crippen MR) is 78.3 cm³/mol. The van der Waals surface area contributed by atoms with Gasteiger partial charge in [-0.05, 0) is 73.0 Å². The first-order valence-corrected chi connectivity index (χ1v) is 8.63. The summed E-state index contributed by atoms with van der Waals surface area (Å²) in [5, 5.41) is 0. The van der Waals surface area contributed by atoms with Crippen LogP contribution in [-0.4, -0.2) is 0 Å². The average Bonchev–Trinajstić information content (AvgIpc) is 2.51. The maximum Gasteiger partial charge on any atom is -0.0321 e. The molecule has 0 aromatic heterocycles. The van der Waals surface area contributed by atoms with Crippen molar-refractivity contribution in [3.05, 3.63) is 0 Å². The Balaban J connectivity index is 1.92. The summed E-state index contributed by atoms with van der Waals surface area (Å²) >= 11 is 0. The summed E-state index contributed by atoms with van der Waals surface area (Å²) in [5.74, 6) is 8.43. The van der Waals surface area contributed by atoms with Crippen LogP contribution in [0.15, 0.2) is 0 Å². The monoisotopic (exact) mass is 248 g/mol. The largest absolute Gasteiger partial charge is 0.0651 e. The summed E-state index contributed by atoms with van der Waals surface area (Å²) in [6, 6.07) is 0. The number of hydrogen-bond acceptors (Lipinski definition) is 0. The molecule has 0 nitrogen and oxygen atoms in total. The lowest BCUT2D eigenvalue weighted by molar-refractivity contribution is 0.0644. The third-order valence-electron chi connectivity index (χ3n) is 7.33. The van der Waals surface area contributed by atoms with Crippen LogP contribution in [0.1, 0.15) is 66.2 Å². The zero-order valence-electron chi connectivity index (χ0n) is 12.9. The first-order chi connectivity index (χ1) is 8.63. The summed E-state index contributed by atoms with van der Waals surface area (Å²) in [4.78, 5) is 0. The highest BCUT2D eigenvalue weighted by Gasteiger charge is 2.53. The van der Waals surface area contributed by atoms with E-state index in [1.54, 1.807) is 25.7 Å². The van der Waals surface area contributed by atoms with Gasteiger partial charge in [0.15, 0.2) is 0 Å². The molecule has 0 aromatic carbocycles. The van der Waals surface area contributed by atoms with Gasteiger partial charge in [-0.1, -0.05) is 40.5 Å². The Morgan fingerprint density at radius 3 is 2.00 bits per heavy atom. The molecule has 0 radical (unpaired) electrons. The van der Waals surface area contributed by atoms with Crippen molar-refractivity contribution in [3.8, 4) is 0 Å². The predicted octanol–water partition coefficient (Wildman–Crippen LogP) is 5.38. The minimum Gasteiger partial charge on any atom is -0.0651 e. The maximum atomic E-state index is 2.57. The molecule has 3 rings (SSSR count). The summed E-state index contributed by atoms with van der Waals surface area (Å²) < 4.78 is 0. The molecule has 8 unspecified atom stereocenters. The van der Waals surface area contributed by atoms with Crippen LogP contribution in [0, 0.1) is 47.3 Å². The lowest BCUT2D eigenvalue weighted by atomic mass is 9.63. The molecule has 3 aliphatic carbocycles. The zero-order chi connectivity index (χ0) is 12.9. The lowest BCUT2D eigenvalue weighted by Gasteiger charge is -2.43. The molecular weight excluding hydrogens is 216 g/mol. The van der Waals surface area contributed by atoms with Gasteiger partial charge in [-0.2, -0.15) is 0 Å². The molecule has 0 N–H and O–H groups in total. The van der Waals surface area contributed by atoms with E-state index in [0.717, 1.165) is 47.3 Å². The molecule has 8 atom stereocenters. The Labute approximate surface area is 114 Å². The molecule has 0 amide bonds. The van der Waals surface area contributed by atoms with Crippen LogP contribution in [0.3, 0.4) is 0 Å². The van der Waals surface area contributed by atoms with Crippen molar-refractivity contribution >= 4 is 0 Å². The van der Waals surface area contributed by atoms with E-state index in [0.29, 0.717) is 0 Å². The van der Waals surface area contributed by atoms with Gasteiger partial charge in [0.1, 0.15) is 0 Å². The van der Waals surface area contributed by atoms with Gasteiger partial charge in [0.25, 0.3) is 0 Å². The van der Waals surface area contributed by atoms with Gasteiger partial charge in [0, 0.05) is 0 Å². The molecule has 0 heterocycles. The van der Waals surface area contributed by atoms with E-state index in [1.165, 1.54) is 12.8 Å². The van der Waals surface area contributed by atoms with Crippen molar-refractivity contribution in [1.29, 1.82) is 0 Å². The SMILES string of the molecule is CCC1CCC2C(C)C(C)C3CCC(C)CC1C32. The smallest absolute Gasteiger partial charge is 0.0321 e. The highest BCUT2D eigenvalue weighted by molar-refractivity contribution is 5.01. The molecule has 0 aliphatic heterocycles. The van der Waals surface area contributed by atoms with Gasteiger partial charge in [-0.3, -0.25) is 0 Å². The second-order valence-corrected chi connectivity index (χ2v) is 7.95. The zero-order valence-corrected chi connectivity index (χ0v) is 12.9. The van der Waals surface area contributed by atoms with Gasteiger partial charge in [-0.25, -0.2) is 0 Å². The van der Waals surface area contributed by atoms with Gasteiger partial charge in [0.2, 0.25) is 0 Å². The van der Waals surface area contributed by atoms with Crippen LogP contribution in [0.2, 0.25) is 0 Å². The lowest BCUT2D eigenvalue weighted by Crippen LogP contribution is -2.35. The van der Waals surface area contributed by atoms with Crippen molar-refractivity contribution in [2.24, 2.45) is 47.3 Å².